The minimum absolute atomic E-state index is 0.291. The van der Waals surface area contributed by atoms with Crippen LogP contribution in [0.2, 0.25) is 0 Å². The van der Waals surface area contributed by atoms with Gasteiger partial charge in [-0.25, -0.2) is 9.36 Å². The Morgan fingerprint density at radius 1 is 0.905 bits per heavy atom. The van der Waals surface area contributed by atoms with Gasteiger partial charge in [-0.15, -0.1) is 0 Å². The summed E-state index contributed by atoms with van der Waals surface area (Å²) in [5.74, 6) is 0. The number of benzene rings is 2. The molecule has 0 amide bonds. The summed E-state index contributed by atoms with van der Waals surface area (Å²) in [6.07, 6.45) is 0. The molecule has 3 aromatic rings. The molecule has 106 valence electrons. The molecule has 4 heteroatoms. The molecule has 1 aromatic heterocycles. The number of fused-ring (bicyclic) bond motifs is 1. The third-order valence-corrected chi connectivity index (χ3v) is 3.80. The smallest absolute Gasteiger partial charge is 0.306 e. The number of H-pyrrole nitrogens is 1. The maximum absolute atomic E-state index is 12.6. The lowest BCUT2D eigenvalue weighted by atomic mass is 10.1. The fourth-order valence-electron chi connectivity index (χ4n) is 2.41. The van der Waals surface area contributed by atoms with Crippen LogP contribution >= 0.6 is 0 Å². The van der Waals surface area contributed by atoms with E-state index in [2.05, 4.69) is 4.98 Å². The maximum Gasteiger partial charge on any atom is 0.333 e. The summed E-state index contributed by atoms with van der Waals surface area (Å²) in [5.41, 5.74) is 3.60. The number of nitrogens with zero attached hydrogens (tertiary/aromatic N) is 1. The third kappa shape index (κ3) is 2.18. The zero-order valence-corrected chi connectivity index (χ0v) is 12.2. The van der Waals surface area contributed by atoms with Gasteiger partial charge in [0.05, 0.1) is 16.6 Å². The SMILES string of the molecule is Cc1ccc(-n2c(=O)[nH]c3cc(C)c(C)cc3c2=O)cc1. The van der Waals surface area contributed by atoms with Crippen LogP contribution in [0, 0.1) is 20.8 Å². The second kappa shape index (κ2) is 4.74. The maximum atomic E-state index is 12.6. The zero-order valence-electron chi connectivity index (χ0n) is 12.2. The van der Waals surface area contributed by atoms with E-state index in [1.54, 1.807) is 12.1 Å². The molecule has 0 aliphatic heterocycles. The number of rotatable bonds is 1. The quantitative estimate of drug-likeness (QED) is 0.745. The first-order valence-corrected chi connectivity index (χ1v) is 6.81. The van der Waals surface area contributed by atoms with Crippen LogP contribution in [0.1, 0.15) is 16.7 Å². The van der Waals surface area contributed by atoms with E-state index in [1.165, 1.54) is 4.57 Å². The monoisotopic (exact) mass is 280 g/mol. The number of aryl methyl sites for hydroxylation is 3. The van der Waals surface area contributed by atoms with E-state index in [1.807, 2.05) is 45.0 Å². The second-order valence-electron chi connectivity index (χ2n) is 5.39. The molecule has 0 aliphatic carbocycles. The summed E-state index contributed by atoms with van der Waals surface area (Å²) >= 11 is 0. The summed E-state index contributed by atoms with van der Waals surface area (Å²) in [6, 6.07) is 11.0. The Balaban J connectivity index is 2.39. The van der Waals surface area contributed by atoms with Crippen molar-refractivity contribution in [2.45, 2.75) is 20.8 Å². The summed E-state index contributed by atoms with van der Waals surface area (Å²) < 4.78 is 1.18. The van der Waals surface area contributed by atoms with Crippen molar-refractivity contribution in [1.29, 1.82) is 0 Å². The van der Waals surface area contributed by atoms with Crippen LogP contribution in [0.25, 0.3) is 16.6 Å². The topological polar surface area (TPSA) is 54.9 Å². The molecule has 21 heavy (non-hydrogen) atoms. The Morgan fingerprint density at radius 2 is 1.52 bits per heavy atom. The van der Waals surface area contributed by atoms with Gasteiger partial charge < -0.3 is 4.98 Å². The molecule has 0 aliphatic rings. The van der Waals surface area contributed by atoms with E-state index in [0.29, 0.717) is 16.6 Å². The Bertz CT molecular complexity index is 947. The Labute approximate surface area is 121 Å². The number of hydrogen-bond donors (Lipinski definition) is 1. The molecule has 1 N–H and O–H groups in total. The molecular formula is C17H16N2O2. The van der Waals surface area contributed by atoms with Gasteiger partial charge in [0.2, 0.25) is 0 Å². The van der Waals surface area contributed by atoms with Gasteiger partial charge in [-0.3, -0.25) is 4.79 Å². The predicted molar refractivity (Wildman–Crippen MR) is 84.4 cm³/mol. The summed E-state index contributed by atoms with van der Waals surface area (Å²) in [4.78, 5) is 27.7. The lowest BCUT2D eigenvalue weighted by molar-refractivity contribution is 0.900. The van der Waals surface area contributed by atoms with Crippen molar-refractivity contribution in [3.63, 3.8) is 0 Å². The molecular weight excluding hydrogens is 264 g/mol. The lowest BCUT2D eigenvalue weighted by Crippen LogP contribution is -2.33. The van der Waals surface area contributed by atoms with Gasteiger partial charge in [-0.1, -0.05) is 17.7 Å². The molecule has 0 saturated heterocycles. The van der Waals surface area contributed by atoms with Crippen LogP contribution in [0.5, 0.6) is 0 Å². The molecule has 0 atom stereocenters. The number of nitrogens with one attached hydrogen (secondary N) is 1. The normalized spacial score (nSPS) is 11.0. The predicted octanol–water partition coefficient (Wildman–Crippen LogP) is 2.60. The first-order valence-electron chi connectivity index (χ1n) is 6.81. The van der Waals surface area contributed by atoms with Gasteiger partial charge in [0.25, 0.3) is 5.56 Å². The standard InChI is InChI=1S/C17H16N2O2/c1-10-4-6-13(7-5-10)19-16(20)14-8-11(2)12(3)9-15(14)18-17(19)21/h4-9H,1-3H3,(H,18,21). The molecule has 0 radical (unpaired) electrons. The summed E-state index contributed by atoms with van der Waals surface area (Å²) in [6.45, 7) is 5.87. The van der Waals surface area contributed by atoms with Gasteiger partial charge in [0.15, 0.2) is 0 Å². The molecule has 0 unspecified atom stereocenters. The molecule has 1 heterocycles. The second-order valence-corrected chi connectivity index (χ2v) is 5.39. The number of aromatic amines is 1. The minimum atomic E-state index is -0.417. The molecule has 0 bridgehead atoms. The van der Waals surface area contributed by atoms with Crippen molar-refractivity contribution >= 4 is 10.9 Å². The van der Waals surface area contributed by atoms with E-state index in [-0.39, 0.29) is 5.56 Å². The van der Waals surface area contributed by atoms with Crippen LogP contribution < -0.4 is 11.2 Å². The largest absolute Gasteiger partial charge is 0.333 e. The molecule has 2 aromatic carbocycles. The van der Waals surface area contributed by atoms with Gasteiger partial charge in [-0.2, -0.15) is 0 Å². The molecule has 0 spiro atoms. The van der Waals surface area contributed by atoms with Crippen LogP contribution in [-0.2, 0) is 0 Å². The lowest BCUT2D eigenvalue weighted by Gasteiger charge is -2.08. The van der Waals surface area contributed by atoms with Crippen molar-refractivity contribution in [2.24, 2.45) is 0 Å². The Kier molecular flexibility index (Phi) is 3.01. The zero-order chi connectivity index (χ0) is 15.1. The van der Waals surface area contributed by atoms with Gasteiger partial charge in [0.1, 0.15) is 0 Å². The van der Waals surface area contributed by atoms with Crippen LogP contribution in [-0.4, -0.2) is 9.55 Å². The minimum Gasteiger partial charge on any atom is -0.306 e. The van der Waals surface area contributed by atoms with Crippen LogP contribution in [0.3, 0.4) is 0 Å². The van der Waals surface area contributed by atoms with Crippen molar-refractivity contribution in [3.8, 4) is 5.69 Å². The van der Waals surface area contributed by atoms with E-state index >= 15 is 0 Å². The highest BCUT2D eigenvalue weighted by Gasteiger charge is 2.10. The summed E-state index contributed by atoms with van der Waals surface area (Å²) in [7, 11) is 0. The molecule has 0 fully saturated rings. The fraction of sp³-hybridized carbons (Fsp3) is 0.176. The van der Waals surface area contributed by atoms with Crippen LogP contribution in [0.4, 0.5) is 0 Å². The van der Waals surface area contributed by atoms with E-state index in [0.717, 1.165) is 16.7 Å². The van der Waals surface area contributed by atoms with Crippen LogP contribution in [0.15, 0.2) is 46.0 Å². The Hall–Kier alpha value is -2.62. The highest BCUT2D eigenvalue weighted by Crippen LogP contribution is 2.14. The van der Waals surface area contributed by atoms with Gasteiger partial charge >= 0.3 is 5.69 Å². The van der Waals surface area contributed by atoms with E-state index in [9.17, 15) is 9.59 Å². The van der Waals surface area contributed by atoms with Gasteiger partial charge in [0, 0.05) is 0 Å². The first-order chi connectivity index (χ1) is 9.97. The van der Waals surface area contributed by atoms with Crippen molar-refractivity contribution in [2.75, 3.05) is 0 Å². The third-order valence-electron chi connectivity index (χ3n) is 3.80. The Morgan fingerprint density at radius 3 is 2.19 bits per heavy atom. The van der Waals surface area contributed by atoms with Crippen molar-refractivity contribution in [3.05, 3.63) is 73.9 Å². The highest BCUT2D eigenvalue weighted by atomic mass is 16.2. The molecule has 0 saturated carbocycles. The van der Waals surface area contributed by atoms with Crippen molar-refractivity contribution < 1.29 is 0 Å². The van der Waals surface area contributed by atoms with Crippen molar-refractivity contribution in [1.82, 2.24) is 9.55 Å². The number of aromatic nitrogens is 2. The molecule has 4 nitrogen and oxygen atoms in total. The van der Waals surface area contributed by atoms with E-state index in [4.69, 9.17) is 0 Å². The average molecular weight is 280 g/mol. The molecule has 3 rings (SSSR count). The van der Waals surface area contributed by atoms with E-state index < -0.39 is 5.69 Å². The first kappa shape index (κ1) is 13.4. The van der Waals surface area contributed by atoms with Gasteiger partial charge in [-0.05, 0) is 56.2 Å². The highest BCUT2D eigenvalue weighted by molar-refractivity contribution is 5.79. The average Bonchev–Trinajstić information content (AvgIpc) is 2.43. The number of hydrogen-bond acceptors (Lipinski definition) is 2. The fourth-order valence-corrected chi connectivity index (χ4v) is 2.41. The summed E-state index contributed by atoms with van der Waals surface area (Å²) in [5, 5.41) is 0.526.